The molecule has 1 amide bonds. The van der Waals surface area contributed by atoms with Crippen molar-refractivity contribution in [3.8, 4) is 0 Å². The van der Waals surface area contributed by atoms with Crippen LogP contribution in [0.3, 0.4) is 0 Å². The smallest absolute Gasteiger partial charge is 0.308 e. The Balaban J connectivity index is 2.14. The molecule has 2 unspecified atom stereocenters. The Hall–Kier alpha value is -1.85. The summed E-state index contributed by atoms with van der Waals surface area (Å²) in [7, 11) is 0. The van der Waals surface area contributed by atoms with Crippen LogP contribution in [0.2, 0.25) is 0 Å². The minimum absolute atomic E-state index is 0.0568. The molecule has 22 heavy (non-hydrogen) atoms. The molecule has 0 spiro atoms. The largest absolute Gasteiger partial charge is 0.481 e. The summed E-state index contributed by atoms with van der Waals surface area (Å²) in [6.45, 7) is 6.43. The molecule has 0 aliphatic carbocycles. The third kappa shape index (κ3) is 3.31. The number of amides is 1. The Labute approximate surface area is 131 Å². The van der Waals surface area contributed by atoms with Crippen LogP contribution in [0, 0.1) is 5.92 Å². The maximum Gasteiger partial charge on any atom is 0.308 e. The molecule has 1 aliphatic heterocycles. The number of likely N-dealkylation sites (tertiary alicyclic amines) is 1. The number of hydrogen-bond acceptors (Lipinski definition) is 3. The SMILES string of the molecule is CCC(CC)n1ccc(C(=O)N2CC(C(=O)O)CCC2C)n1. The van der Waals surface area contributed by atoms with Crippen LogP contribution in [0.1, 0.15) is 63.0 Å². The van der Waals surface area contributed by atoms with Crippen molar-refractivity contribution in [1.29, 1.82) is 0 Å². The van der Waals surface area contributed by atoms with Crippen LogP contribution in [0.25, 0.3) is 0 Å². The maximum absolute atomic E-state index is 12.6. The van der Waals surface area contributed by atoms with Crippen molar-refractivity contribution < 1.29 is 14.7 Å². The van der Waals surface area contributed by atoms with Gasteiger partial charge in [-0.3, -0.25) is 14.3 Å². The highest BCUT2D eigenvalue weighted by atomic mass is 16.4. The van der Waals surface area contributed by atoms with Crippen molar-refractivity contribution >= 4 is 11.9 Å². The average molecular weight is 307 g/mol. The molecule has 1 aromatic rings. The van der Waals surface area contributed by atoms with Gasteiger partial charge in [0.25, 0.3) is 5.91 Å². The molecule has 2 heterocycles. The third-order valence-corrected chi connectivity index (χ3v) is 4.64. The van der Waals surface area contributed by atoms with Crippen LogP contribution in [0.5, 0.6) is 0 Å². The second-order valence-electron chi connectivity index (χ2n) is 6.07. The summed E-state index contributed by atoms with van der Waals surface area (Å²) in [5.41, 5.74) is 0.407. The van der Waals surface area contributed by atoms with Gasteiger partial charge in [0.1, 0.15) is 5.69 Å². The molecule has 1 fully saturated rings. The Kier molecular flexibility index (Phi) is 5.21. The molecule has 0 radical (unpaired) electrons. The van der Waals surface area contributed by atoms with Gasteiger partial charge in [-0.15, -0.1) is 0 Å². The predicted molar refractivity (Wildman–Crippen MR) is 82.7 cm³/mol. The quantitative estimate of drug-likeness (QED) is 0.907. The van der Waals surface area contributed by atoms with Crippen molar-refractivity contribution in [2.45, 2.75) is 58.5 Å². The van der Waals surface area contributed by atoms with E-state index >= 15 is 0 Å². The van der Waals surface area contributed by atoms with Gasteiger partial charge in [-0.25, -0.2) is 0 Å². The standard InChI is InChI=1S/C16H25N3O3/c1-4-13(5-2)19-9-8-14(17-19)15(20)18-10-12(16(21)22)7-6-11(18)3/h8-9,11-13H,4-7,10H2,1-3H3,(H,21,22). The lowest BCUT2D eigenvalue weighted by molar-refractivity contribution is -0.143. The number of nitrogens with zero attached hydrogens (tertiary/aromatic N) is 3. The minimum atomic E-state index is -0.827. The van der Waals surface area contributed by atoms with E-state index in [4.69, 9.17) is 0 Å². The lowest BCUT2D eigenvalue weighted by Gasteiger charge is -2.36. The van der Waals surface area contributed by atoms with Crippen molar-refractivity contribution in [2.24, 2.45) is 5.92 Å². The fourth-order valence-electron chi connectivity index (χ4n) is 3.06. The van der Waals surface area contributed by atoms with Crippen LogP contribution in [-0.2, 0) is 4.79 Å². The van der Waals surface area contributed by atoms with E-state index < -0.39 is 11.9 Å². The van der Waals surface area contributed by atoms with Crippen LogP contribution in [0.15, 0.2) is 12.3 Å². The molecule has 1 saturated heterocycles. The molecule has 2 atom stereocenters. The Morgan fingerprint density at radius 2 is 2.05 bits per heavy atom. The summed E-state index contributed by atoms with van der Waals surface area (Å²) in [5.74, 6) is -1.46. The maximum atomic E-state index is 12.6. The lowest BCUT2D eigenvalue weighted by atomic mass is 9.93. The van der Waals surface area contributed by atoms with Crippen molar-refractivity contribution in [3.05, 3.63) is 18.0 Å². The van der Waals surface area contributed by atoms with E-state index in [2.05, 4.69) is 18.9 Å². The van der Waals surface area contributed by atoms with Gasteiger partial charge in [-0.05, 0) is 38.7 Å². The molecule has 1 aromatic heterocycles. The predicted octanol–water partition coefficient (Wildman–Crippen LogP) is 2.57. The zero-order chi connectivity index (χ0) is 16.3. The first-order valence-corrected chi connectivity index (χ1v) is 8.06. The normalized spacial score (nSPS) is 22.1. The van der Waals surface area contributed by atoms with E-state index in [1.165, 1.54) is 0 Å². The molecule has 6 heteroatoms. The first kappa shape index (κ1) is 16.5. The highest BCUT2D eigenvalue weighted by molar-refractivity contribution is 5.92. The van der Waals surface area contributed by atoms with Gasteiger partial charge in [-0.1, -0.05) is 13.8 Å². The molecular formula is C16H25N3O3. The number of aromatic nitrogens is 2. The van der Waals surface area contributed by atoms with E-state index in [0.29, 0.717) is 18.2 Å². The van der Waals surface area contributed by atoms with Gasteiger partial charge >= 0.3 is 5.97 Å². The zero-order valence-electron chi connectivity index (χ0n) is 13.5. The van der Waals surface area contributed by atoms with Gasteiger partial charge in [0.15, 0.2) is 0 Å². The number of piperidine rings is 1. The van der Waals surface area contributed by atoms with Crippen LogP contribution >= 0.6 is 0 Å². The molecular weight excluding hydrogens is 282 g/mol. The summed E-state index contributed by atoms with van der Waals surface area (Å²) in [6.07, 6.45) is 5.12. The van der Waals surface area contributed by atoms with E-state index in [0.717, 1.165) is 19.3 Å². The van der Waals surface area contributed by atoms with Gasteiger partial charge < -0.3 is 10.0 Å². The number of rotatable bonds is 5. The molecule has 0 bridgehead atoms. The summed E-state index contributed by atoms with van der Waals surface area (Å²) in [4.78, 5) is 25.5. The van der Waals surface area contributed by atoms with E-state index in [-0.39, 0.29) is 18.5 Å². The first-order chi connectivity index (χ1) is 10.5. The van der Waals surface area contributed by atoms with Gasteiger partial charge in [0.05, 0.1) is 12.0 Å². The number of aliphatic carboxylic acids is 1. The summed E-state index contributed by atoms with van der Waals surface area (Å²) in [6, 6.07) is 2.09. The highest BCUT2D eigenvalue weighted by Crippen LogP contribution is 2.24. The van der Waals surface area contributed by atoms with Gasteiger partial charge in [0.2, 0.25) is 0 Å². The Morgan fingerprint density at radius 1 is 1.36 bits per heavy atom. The average Bonchev–Trinajstić information content (AvgIpc) is 2.98. The number of carboxylic acid groups (broad SMARTS) is 1. The van der Waals surface area contributed by atoms with Gasteiger partial charge in [-0.2, -0.15) is 5.10 Å². The van der Waals surface area contributed by atoms with Crippen LogP contribution in [-0.4, -0.2) is 44.3 Å². The topological polar surface area (TPSA) is 75.4 Å². The Bertz CT molecular complexity index is 536. The monoisotopic (exact) mass is 307 g/mol. The molecule has 122 valence electrons. The molecule has 2 rings (SSSR count). The number of carboxylic acids is 1. The fourth-order valence-corrected chi connectivity index (χ4v) is 3.06. The Morgan fingerprint density at radius 3 is 2.64 bits per heavy atom. The second-order valence-corrected chi connectivity index (χ2v) is 6.07. The van der Waals surface area contributed by atoms with Crippen molar-refractivity contribution in [3.63, 3.8) is 0 Å². The summed E-state index contributed by atoms with van der Waals surface area (Å²) >= 11 is 0. The third-order valence-electron chi connectivity index (χ3n) is 4.64. The molecule has 1 aliphatic rings. The number of carbonyl (C=O) groups is 2. The molecule has 0 aromatic carbocycles. The second kappa shape index (κ2) is 6.94. The van der Waals surface area contributed by atoms with Crippen molar-refractivity contribution in [2.75, 3.05) is 6.54 Å². The summed E-state index contributed by atoms with van der Waals surface area (Å²) in [5, 5.41) is 13.6. The zero-order valence-corrected chi connectivity index (χ0v) is 13.5. The highest BCUT2D eigenvalue weighted by Gasteiger charge is 2.33. The van der Waals surface area contributed by atoms with Gasteiger partial charge in [0, 0.05) is 18.8 Å². The van der Waals surface area contributed by atoms with E-state index in [1.807, 2.05) is 17.8 Å². The molecule has 1 N–H and O–H groups in total. The number of carbonyl (C=O) groups excluding carboxylic acids is 1. The van der Waals surface area contributed by atoms with Crippen LogP contribution in [0.4, 0.5) is 0 Å². The summed E-state index contributed by atoms with van der Waals surface area (Å²) < 4.78 is 1.84. The van der Waals surface area contributed by atoms with Crippen molar-refractivity contribution in [1.82, 2.24) is 14.7 Å². The minimum Gasteiger partial charge on any atom is -0.481 e. The molecule has 6 nitrogen and oxygen atoms in total. The fraction of sp³-hybridized carbons (Fsp3) is 0.688. The van der Waals surface area contributed by atoms with Crippen LogP contribution < -0.4 is 0 Å². The number of hydrogen-bond donors (Lipinski definition) is 1. The van der Waals surface area contributed by atoms with E-state index in [1.54, 1.807) is 11.0 Å². The van der Waals surface area contributed by atoms with E-state index in [9.17, 15) is 14.7 Å². The first-order valence-electron chi connectivity index (χ1n) is 8.06. The molecule has 0 saturated carbocycles. The lowest BCUT2D eigenvalue weighted by Crippen LogP contribution is -2.47.